The quantitative estimate of drug-likeness (QED) is 0.863. The Morgan fingerprint density at radius 3 is 2.50 bits per heavy atom. The molecule has 1 rings (SSSR count). The highest BCUT2D eigenvalue weighted by Gasteiger charge is 2.16. The lowest BCUT2D eigenvalue weighted by molar-refractivity contribution is 0.570. The summed E-state index contributed by atoms with van der Waals surface area (Å²) in [7, 11) is -3.48. The van der Waals surface area contributed by atoms with Gasteiger partial charge in [0.25, 0.3) is 0 Å². The van der Waals surface area contributed by atoms with Crippen LogP contribution in [0.2, 0.25) is 5.02 Å². The maximum atomic E-state index is 11.8. The molecule has 0 spiro atoms. The van der Waals surface area contributed by atoms with Crippen LogP contribution in [0.5, 0.6) is 0 Å². The predicted octanol–water partition coefficient (Wildman–Crippen LogP) is 2.77. The minimum Gasteiger partial charge on any atom is -0.209 e. The van der Waals surface area contributed by atoms with Crippen LogP contribution in [0.15, 0.2) is 23.1 Å². The van der Waals surface area contributed by atoms with Crippen molar-refractivity contribution in [1.29, 1.82) is 0 Å². The lowest BCUT2D eigenvalue weighted by Gasteiger charge is -2.10. The number of hydrogen-bond donors (Lipinski definition) is 1. The second-order valence-corrected chi connectivity index (χ2v) is 6.05. The highest BCUT2D eigenvalue weighted by molar-refractivity contribution is 7.89. The third kappa shape index (κ3) is 3.35. The largest absolute Gasteiger partial charge is 0.240 e. The van der Waals surface area contributed by atoms with Gasteiger partial charge in [-0.1, -0.05) is 11.6 Å². The van der Waals surface area contributed by atoms with E-state index in [0.29, 0.717) is 10.6 Å². The van der Waals surface area contributed by atoms with Crippen molar-refractivity contribution in [2.45, 2.75) is 30.7 Å². The van der Waals surface area contributed by atoms with Crippen LogP contribution in [0.4, 0.5) is 0 Å². The third-order valence-corrected chi connectivity index (χ3v) is 4.18. The molecule has 0 saturated carbocycles. The second kappa shape index (κ2) is 5.36. The van der Waals surface area contributed by atoms with Crippen molar-refractivity contribution in [3.8, 4) is 0 Å². The van der Waals surface area contributed by atoms with Crippen LogP contribution >= 0.6 is 23.2 Å². The Bertz CT molecular complexity index is 472. The molecule has 0 aliphatic carbocycles. The number of rotatable bonds is 4. The fraction of sp³-hybridized carbons (Fsp3) is 0.400. The first-order valence-electron chi connectivity index (χ1n) is 4.73. The third-order valence-electron chi connectivity index (χ3n) is 1.86. The van der Waals surface area contributed by atoms with E-state index >= 15 is 0 Å². The van der Waals surface area contributed by atoms with Gasteiger partial charge in [-0.3, -0.25) is 0 Å². The zero-order valence-electron chi connectivity index (χ0n) is 9.00. The van der Waals surface area contributed by atoms with E-state index in [0.717, 1.165) is 0 Å². The van der Waals surface area contributed by atoms with Crippen molar-refractivity contribution in [2.24, 2.45) is 0 Å². The summed E-state index contributed by atoms with van der Waals surface area (Å²) in [6, 6.07) is 4.33. The van der Waals surface area contributed by atoms with Crippen molar-refractivity contribution >= 4 is 33.2 Å². The van der Waals surface area contributed by atoms with Crippen molar-refractivity contribution in [3.05, 3.63) is 28.8 Å². The number of hydrogen-bond acceptors (Lipinski definition) is 2. The Morgan fingerprint density at radius 1 is 1.38 bits per heavy atom. The molecule has 0 amide bonds. The van der Waals surface area contributed by atoms with Gasteiger partial charge < -0.3 is 0 Å². The number of nitrogens with one attached hydrogen (secondary N) is 1. The van der Waals surface area contributed by atoms with E-state index in [1.165, 1.54) is 18.2 Å². The van der Waals surface area contributed by atoms with Gasteiger partial charge in [-0.15, -0.1) is 11.6 Å². The van der Waals surface area contributed by atoms with Crippen LogP contribution < -0.4 is 4.72 Å². The number of halogens is 2. The van der Waals surface area contributed by atoms with Gasteiger partial charge in [0.05, 0.1) is 4.90 Å². The van der Waals surface area contributed by atoms with Crippen LogP contribution in [0.25, 0.3) is 0 Å². The lowest BCUT2D eigenvalue weighted by atomic mass is 10.2. The Hall–Kier alpha value is -0.290. The van der Waals surface area contributed by atoms with Gasteiger partial charge in [0.1, 0.15) is 0 Å². The smallest absolute Gasteiger partial charge is 0.209 e. The van der Waals surface area contributed by atoms with Crippen molar-refractivity contribution in [3.63, 3.8) is 0 Å². The van der Waals surface area contributed by atoms with E-state index in [-0.39, 0.29) is 16.8 Å². The van der Waals surface area contributed by atoms with Crippen molar-refractivity contribution < 1.29 is 8.42 Å². The van der Waals surface area contributed by atoms with Crippen LogP contribution in [0.1, 0.15) is 19.4 Å². The topological polar surface area (TPSA) is 46.2 Å². The van der Waals surface area contributed by atoms with Gasteiger partial charge in [0.15, 0.2) is 0 Å². The summed E-state index contributed by atoms with van der Waals surface area (Å²) in [5.41, 5.74) is 0.606. The summed E-state index contributed by atoms with van der Waals surface area (Å²) < 4.78 is 26.1. The molecule has 0 unspecified atom stereocenters. The van der Waals surface area contributed by atoms with Gasteiger partial charge in [-0.05, 0) is 37.6 Å². The minimum atomic E-state index is -3.48. The summed E-state index contributed by atoms with van der Waals surface area (Å²) in [4.78, 5) is 0.182. The standard InChI is InChI=1S/C10H13Cl2NO2S/c1-7(2)13-16(14,15)9-3-4-10(12)8(5-9)6-11/h3-5,7,13H,6H2,1-2H3. The van der Waals surface area contributed by atoms with Crippen LogP contribution in [0.3, 0.4) is 0 Å². The maximum absolute atomic E-state index is 11.8. The molecule has 0 atom stereocenters. The Kier molecular flexibility index (Phi) is 4.62. The van der Waals surface area contributed by atoms with Crippen molar-refractivity contribution in [2.75, 3.05) is 0 Å². The SMILES string of the molecule is CC(C)NS(=O)(=O)c1ccc(Cl)c(CCl)c1. The molecule has 16 heavy (non-hydrogen) atoms. The molecule has 90 valence electrons. The molecule has 1 aromatic rings. The van der Waals surface area contributed by atoms with Gasteiger partial charge in [-0.2, -0.15) is 0 Å². The van der Waals surface area contributed by atoms with E-state index in [9.17, 15) is 8.42 Å². The number of alkyl halides is 1. The molecule has 1 N–H and O–H groups in total. The molecule has 6 heteroatoms. The number of sulfonamides is 1. The van der Waals surface area contributed by atoms with Crippen LogP contribution in [-0.4, -0.2) is 14.5 Å². The Balaban J connectivity index is 3.14. The van der Waals surface area contributed by atoms with E-state index in [4.69, 9.17) is 23.2 Å². The van der Waals surface area contributed by atoms with Crippen LogP contribution in [-0.2, 0) is 15.9 Å². The molecule has 0 radical (unpaired) electrons. The molecule has 1 aromatic carbocycles. The first-order chi connectivity index (χ1) is 7.36. The molecule has 0 heterocycles. The summed E-state index contributed by atoms with van der Waals surface area (Å²) in [6.45, 7) is 3.52. The van der Waals surface area contributed by atoms with Crippen LogP contribution in [0, 0.1) is 0 Å². The normalized spacial score (nSPS) is 12.1. The molecule has 0 aliphatic rings. The highest BCUT2D eigenvalue weighted by Crippen LogP contribution is 2.22. The Morgan fingerprint density at radius 2 is 2.00 bits per heavy atom. The molecule has 0 aliphatic heterocycles. The monoisotopic (exact) mass is 281 g/mol. The first kappa shape index (κ1) is 13.8. The van der Waals surface area contributed by atoms with Gasteiger partial charge in [-0.25, -0.2) is 13.1 Å². The summed E-state index contributed by atoms with van der Waals surface area (Å²) >= 11 is 11.5. The fourth-order valence-corrected chi connectivity index (χ4v) is 2.97. The molecular weight excluding hydrogens is 269 g/mol. The van der Waals surface area contributed by atoms with Gasteiger partial charge >= 0.3 is 0 Å². The average Bonchev–Trinajstić information content (AvgIpc) is 2.16. The zero-order chi connectivity index (χ0) is 12.3. The minimum absolute atomic E-state index is 0.153. The average molecular weight is 282 g/mol. The molecule has 0 fully saturated rings. The number of benzene rings is 1. The highest BCUT2D eigenvalue weighted by atomic mass is 35.5. The van der Waals surface area contributed by atoms with E-state index < -0.39 is 10.0 Å². The molecule has 0 aromatic heterocycles. The van der Waals surface area contributed by atoms with E-state index in [1.54, 1.807) is 13.8 Å². The van der Waals surface area contributed by atoms with E-state index in [1.807, 2.05) is 0 Å². The predicted molar refractivity (Wildman–Crippen MR) is 66.5 cm³/mol. The Labute approximate surface area is 106 Å². The molecule has 3 nitrogen and oxygen atoms in total. The van der Waals surface area contributed by atoms with E-state index in [2.05, 4.69) is 4.72 Å². The van der Waals surface area contributed by atoms with Crippen molar-refractivity contribution in [1.82, 2.24) is 4.72 Å². The lowest BCUT2D eigenvalue weighted by Crippen LogP contribution is -2.30. The molecule has 0 saturated heterocycles. The van der Waals surface area contributed by atoms with Gasteiger partial charge in [0, 0.05) is 16.9 Å². The van der Waals surface area contributed by atoms with Gasteiger partial charge in [0.2, 0.25) is 10.0 Å². The summed E-state index contributed by atoms with van der Waals surface area (Å²) in [5, 5.41) is 0.471. The fourth-order valence-electron chi connectivity index (χ4n) is 1.20. The summed E-state index contributed by atoms with van der Waals surface area (Å²) in [6.07, 6.45) is 0. The summed E-state index contributed by atoms with van der Waals surface area (Å²) in [5.74, 6) is 0.184. The zero-order valence-corrected chi connectivity index (χ0v) is 11.3. The first-order valence-corrected chi connectivity index (χ1v) is 7.13. The molecule has 0 bridgehead atoms. The molecular formula is C10H13Cl2NO2S. The maximum Gasteiger partial charge on any atom is 0.240 e. The second-order valence-electron chi connectivity index (χ2n) is 3.66.